The molecule has 0 aromatic heterocycles. The molecule has 0 aliphatic heterocycles. The maximum absolute atomic E-state index is 5.08. The fraction of sp³-hybridized carbons (Fsp3) is 0.750. The summed E-state index contributed by atoms with van der Waals surface area (Å²) in [7, 11) is 1.63. The third-order valence-corrected chi connectivity index (χ3v) is 1.53. The fourth-order valence-electron chi connectivity index (χ4n) is 0.592. The molecule has 0 saturated carbocycles. The van der Waals surface area contributed by atoms with Crippen LogP contribution >= 0.6 is 15.9 Å². The normalized spacial score (nSPS) is 11.1. The fourth-order valence-corrected chi connectivity index (χ4v) is 0.857. The Hall–Kier alpha value is 0.140. The molecular weight excluding hydrogens is 208 g/mol. The van der Waals surface area contributed by atoms with Gasteiger partial charge in [0.25, 0.3) is 0 Å². The van der Waals surface area contributed by atoms with E-state index in [0.717, 1.165) is 24.8 Å². The van der Waals surface area contributed by atoms with E-state index in [4.69, 9.17) is 9.47 Å². The molecule has 0 rings (SSSR count). The first-order valence-corrected chi connectivity index (χ1v) is 4.81. The van der Waals surface area contributed by atoms with Crippen molar-refractivity contribution in [3.05, 3.63) is 12.2 Å². The highest BCUT2D eigenvalue weighted by atomic mass is 79.9. The van der Waals surface area contributed by atoms with E-state index in [-0.39, 0.29) is 0 Å². The molecule has 0 aromatic rings. The van der Waals surface area contributed by atoms with Gasteiger partial charge in [-0.1, -0.05) is 28.1 Å². The Balaban J connectivity index is 2.89. The molecule has 0 amide bonds. The van der Waals surface area contributed by atoms with Crippen molar-refractivity contribution in [3.63, 3.8) is 0 Å². The summed E-state index contributed by atoms with van der Waals surface area (Å²) in [6.07, 6.45) is 6.32. The molecule has 0 unspecified atom stereocenters. The molecule has 0 saturated heterocycles. The van der Waals surface area contributed by atoms with Gasteiger partial charge in [-0.2, -0.15) is 0 Å². The van der Waals surface area contributed by atoms with Gasteiger partial charge < -0.3 is 9.47 Å². The van der Waals surface area contributed by atoms with Crippen LogP contribution in [0, 0.1) is 0 Å². The molecule has 0 fully saturated rings. The van der Waals surface area contributed by atoms with Crippen molar-refractivity contribution in [2.75, 3.05) is 25.8 Å². The summed E-state index contributed by atoms with van der Waals surface area (Å²) in [4.78, 5) is 0. The average molecular weight is 223 g/mol. The summed E-state index contributed by atoms with van der Waals surface area (Å²) < 4.78 is 9.79. The van der Waals surface area contributed by atoms with Crippen molar-refractivity contribution in [2.45, 2.75) is 12.8 Å². The number of ether oxygens (including phenoxy) is 2. The zero-order valence-electron chi connectivity index (χ0n) is 6.88. The number of halogens is 1. The van der Waals surface area contributed by atoms with Crippen molar-refractivity contribution in [1.82, 2.24) is 0 Å². The van der Waals surface area contributed by atoms with Gasteiger partial charge in [0.2, 0.25) is 0 Å². The lowest BCUT2D eigenvalue weighted by Gasteiger charge is -1.97. The van der Waals surface area contributed by atoms with Crippen LogP contribution in [-0.2, 0) is 9.47 Å². The predicted octanol–water partition coefficient (Wildman–Crippen LogP) is 2.34. The maximum atomic E-state index is 5.08. The highest BCUT2D eigenvalue weighted by Crippen LogP contribution is 1.91. The summed E-state index contributed by atoms with van der Waals surface area (Å²) in [6, 6.07) is 0. The zero-order chi connectivity index (χ0) is 8.36. The molecule has 0 radical (unpaired) electrons. The molecule has 0 atom stereocenters. The number of hydrogen-bond donors (Lipinski definition) is 0. The molecule has 2 nitrogen and oxygen atoms in total. The number of hydrogen-bond acceptors (Lipinski definition) is 2. The van der Waals surface area contributed by atoms with Crippen LogP contribution in [-0.4, -0.2) is 25.8 Å². The van der Waals surface area contributed by atoms with Gasteiger partial charge in [0.05, 0.1) is 6.61 Å². The number of allylic oxidation sites excluding steroid dienone is 1. The smallest absolute Gasteiger partial charge is 0.146 e. The average Bonchev–Trinajstić information content (AvgIpc) is 2.03. The van der Waals surface area contributed by atoms with Crippen molar-refractivity contribution in [3.8, 4) is 0 Å². The monoisotopic (exact) mass is 222 g/mol. The summed E-state index contributed by atoms with van der Waals surface area (Å²) in [5.74, 6) is 0. The lowest BCUT2D eigenvalue weighted by Crippen LogP contribution is -1.96. The van der Waals surface area contributed by atoms with Crippen LogP contribution in [0.3, 0.4) is 0 Å². The minimum atomic E-state index is 0.395. The van der Waals surface area contributed by atoms with Crippen LogP contribution in [0.1, 0.15) is 12.8 Å². The van der Waals surface area contributed by atoms with Gasteiger partial charge in [-0.05, 0) is 12.8 Å². The number of rotatable bonds is 7. The van der Waals surface area contributed by atoms with E-state index in [1.165, 1.54) is 0 Å². The summed E-state index contributed by atoms with van der Waals surface area (Å²) in [6.45, 7) is 1.14. The van der Waals surface area contributed by atoms with E-state index < -0.39 is 0 Å². The van der Waals surface area contributed by atoms with Gasteiger partial charge in [0, 0.05) is 12.4 Å². The highest BCUT2D eigenvalue weighted by Gasteiger charge is 1.81. The molecular formula is C8H15BrO2. The molecule has 0 N–H and O–H groups in total. The Kier molecular flexibility index (Phi) is 10.3. The van der Waals surface area contributed by atoms with E-state index in [1.807, 2.05) is 0 Å². The number of alkyl halides is 1. The molecule has 11 heavy (non-hydrogen) atoms. The van der Waals surface area contributed by atoms with Gasteiger partial charge in [-0.15, -0.1) is 0 Å². The van der Waals surface area contributed by atoms with E-state index in [1.54, 1.807) is 7.11 Å². The van der Waals surface area contributed by atoms with E-state index in [9.17, 15) is 0 Å². The van der Waals surface area contributed by atoms with E-state index in [0.29, 0.717) is 6.79 Å². The standard InChI is InChI=1S/C8H15BrO2/c1-10-8-11-7-5-3-2-4-6-9/h2-3H,4-8H2,1H3. The van der Waals surface area contributed by atoms with E-state index >= 15 is 0 Å². The van der Waals surface area contributed by atoms with Gasteiger partial charge in [0.15, 0.2) is 0 Å². The molecule has 3 heteroatoms. The quantitative estimate of drug-likeness (QED) is 0.285. The minimum Gasteiger partial charge on any atom is -0.359 e. The first-order chi connectivity index (χ1) is 5.41. The van der Waals surface area contributed by atoms with Crippen LogP contribution < -0.4 is 0 Å². The summed E-state index contributed by atoms with van der Waals surface area (Å²) in [5, 5.41) is 1.03. The summed E-state index contributed by atoms with van der Waals surface area (Å²) in [5.41, 5.74) is 0. The molecule has 66 valence electrons. The predicted molar refractivity (Wildman–Crippen MR) is 50.0 cm³/mol. The third-order valence-electron chi connectivity index (χ3n) is 1.07. The van der Waals surface area contributed by atoms with Gasteiger partial charge in [0.1, 0.15) is 6.79 Å². The maximum Gasteiger partial charge on any atom is 0.146 e. The SMILES string of the molecule is COCOCCC=CCCBr. The van der Waals surface area contributed by atoms with Crippen LogP contribution in [0.25, 0.3) is 0 Å². The second-order valence-electron chi connectivity index (χ2n) is 2.05. The zero-order valence-corrected chi connectivity index (χ0v) is 8.47. The second kappa shape index (κ2) is 10.1. The largest absolute Gasteiger partial charge is 0.359 e. The first kappa shape index (κ1) is 11.1. The van der Waals surface area contributed by atoms with Crippen LogP contribution in [0.4, 0.5) is 0 Å². The first-order valence-electron chi connectivity index (χ1n) is 3.69. The molecule has 0 aromatic carbocycles. The molecule has 0 spiro atoms. The second-order valence-corrected chi connectivity index (χ2v) is 2.85. The summed E-state index contributed by atoms with van der Waals surface area (Å²) >= 11 is 3.34. The minimum absolute atomic E-state index is 0.395. The Labute approximate surface area is 76.7 Å². The van der Waals surface area contributed by atoms with Crippen molar-refractivity contribution >= 4 is 15.9 Å². The Bertz CT molecular complexity index is 94.1. The lowest BCUT2D eigenvalue weighted by molar-refractivity contribution is -0.0285. The molecule has 0 heterocycles. The third kappa shape index (κ3) is 10.1. The van der Waals surface area contributed by atoms with Crippen LogP contribution in [0.2, 0.25) is 0 Å². The van der Waals surface area contributed by atoms with Crippen LogP contribution in [0.5, 0.6) is 0 Å². The molecule has 0 bridgehead atoms. The Morgan fingerprint density at radius 3 is 2.64 bits per heavy atom. The Morgan fingerprint density at radius 1 is 1.27 bits per heavy atom. The van der Waals surface area contributed by atoms with E-state index in [2.05, 4.69) is 28.1 Å². The van der Waals surface area contributed by atoms with Gasteiger partial charge in [-0.25, -0.2) is 0 Å². The van der Waals surface area contributed by atoms with Crippen molar-refractivity contribution < 1.29 is 9.47 Å². The molecule has 0 aliphatic rings. The highest BCUT2D eigenvalue weighted by molar-refractivity contribution is 9.09. The van der Waals surface area contributed by atoms with Crippen LogP contribution in [0.15, 0.2) is 12.2 Å². The Morgan fingerprint density at radius 2 is 2.00 bits per heavy atom. The topological polar surface area (TPSA) is 18.5 Å². The molecule has 0 aliphatic carbocycles. The van der Waals surface area contributed by atoms with Gasteiger partial charge >= 0.3 is 0 Å². The van der Waals surface area contributed by atoms with Gasteiger partial charge in [-0.3, -0.25) is 0 Å². The lowest BCUT2D eigenvalue weighted by atomic mass is 10.3. The number of methoxy groups -OCH3 is 1. The van der Waals surface area contributed by atoms with Crippen molar-refractivity contribution in [1.29, 1.82) is 0 Å². The van der Waals surface area contributed by atoms with Crippen molar-refractivity contribution in [2.24, 2.45) is 0 Å².